The SMILES string of the molecule is Cc1cc(Br)c(S(=O)(=O)N[C@H](CC(C)C)C(=O)O)s1. The number of sulfonamides is 1. The van der Waals surface area contributed by atoms with Crippen molar-refractivity contribution in [1.82, 2.24) is 4.72 Å². The number of aryl methyl sites for hydroxylation is 1. The Morgan fingerprint density at radius 3 is 2.47 bits per heavy atom. The molecule has 0 saturated heterocycles. The minimum Gasteiger partial charge on any atom is -0.480 e. The molecule has 19 heavy (non-hydrogen) atoms. The number of carboxylic acids is 1. The van der Waals surface area contributed by atoms with E-state index in [1.54, 1.807) is 13.0 Å². The third-order valence-electron chi connectivity index (χ3n) is 2.33. The standard InChI is InChI=1S/C11H16BrNO4S2/c1-6(2)4-9(10(14)15)13-19(16,17)11-8(12)5-7(3)18-11/h5-6,9,13H,4H2,1-3H3,(H,14,15)/t9-/m1/s1. The summed E-state index contributed by atoms with van der Waals surface area (Å²) in [6.07, 6.45) is 0.247. The number of hydrogen-bond acceptors (Lipinski definition) is 4. The molecule has 0 unspecified atom stereocenters. The van der Waals surface area contributed by atoms with E-state index < -0.39 is 22.0 Å². The summed E-state index contributed by atoms with van der Waals surface area (Å²) in [5, 5.41) is 9.07. The van der Waals surface area contributed by atoms with Gasteiger partial charge in [-0.15, -0.1) is 11.3 Å². The Morgan fingerprint density at radius 2 is 2.11 bits per heavy atom. The Bertz CT molecular complexity index is 565. The average Bonchev–Trinajstić information content (AvgIpc) is 2.56. The molecule has 0 aromatic carbocycles. The van der Waals surface area contributed by atoms with Crippen LogP contribution in [0, 0.1) is 12.8 Å². The van der Waals surface area contributed by atoms with Crippen molar-refractivity contribution in [3.05, 3.63) is 15.4 Å². The molecule has 0 spiro atoms. The van der Waals surface area contributed by atoms with Crippen molar-refractivity contribution in [2.24, 2.45) is 5.92 Å². The van der Waals surface area contributed by atoms with E-state index in [1.807, 2.05) is 13.8 Å². The normalized spacial score (nSPS) is 13.7. The van der Waals surface area contributed by atoms with Gasteiger partial charge in [-0.2, -0.15) is 4.72 Å². The first-order valence-electron chi connectivity index (χ1n) is 5.64. The van der Waals surface area contributed by atoms with Gasteiger partial charge in [-0.05, 0) is 41.3 Å². The topological polar surface area (TPSA) is 83.5 Å². The van der Waals surface area contributed by atoms with Crippen molar-refractivity contribution >= 4 is 43.3 Å². The predicted molar refractivity (Wildman–Crippen MR) is 78.0 cm³/mol. The maximum atomic E-state index is 12.2. The van der Waals surface area contributed by atoms with Gasteiger partial charge in [0.1, 0.15) is 10.3 Å². The number of aliphatic carboxylic acids is 1. The van der Waals surface area contributed by atoms with Crippen molar-refractivity contribution in [1.29, 1.82) is 0 Å². The molecular weight excluding hydrogens is 354 g/mol. The summed E-state index contributed by atoms with van der Waals surface area (Å²) in [7, 11) is -3.82. The molecule has 0 saturated carbocycles. The van der Waals surface area contributed by atoms with Crippen molar-refractivity contribution in [2.45, 2.75) is 37.4 Å². The lowest BCUT2D eigenvalue weighted by atomic mass is 10.1. The van der Waals surface area contributed by atoms with E-state index in [4.69, 9.17) is 5.11 Å². The highest BCUT2D eigenvalue weighted by Gasteiger charge is 2.28. The monoisotopic (exact) mass is 369 g/mol. The van der Waals surface area contributed by atoms with E-state index in [1.165, 1.54) is 0 Å². The highest BCUT2D eigenvalue weighted by Crippen LogP contribution is 2.31. The fourth-order valence-corrected chi connectivity index (χ4v) is 5.53. The van der Waals surface area contributed by atoms with Crippen molar-refractivity contribution in [3.63, 3.8) is 0 Å². The number of carboxylic acid groups (broad SMARTS) is 1. The largest absolute Gasteiger partial charge is 0.480 e. The molecule has 0 aliphatic heterocycles. The molecule has 1 rings (SSSR count). The first kappa shape index (κ1) is 16.6. The second-order valence-corrected chi connectivity index (χ2v) is 8.65. The molecule has 1 heterocycles. The molecule has 0 bridgehead atoms. The van der Waals surface area contributed by atoms with Crippen molar-refractivity contribution < 1.29 is 18.3 Å². The minimum absolute atomic E-state index is 0.0808. The molecule has 0 aliphatic carbocycles. The second kappa shape index (κ2) is 6.34. The molecule has 1 atom stereocenters. The highest BCUT2D eigenvalue weighted by atomic mass is 79.9. The van der Waals surface area contributed by atoms with Crippen molar-refractivity contribution in [2.75, 3.05) is 0 Å². The van der Waals surface area contributed by atoms with Crippen molar-refractivity contribution in [3.8, 4) is 0 Å². The molecule has 0 aliphatic rings. The number of carbonyl (C=O) groups is 1. The molecule has 8 heteroatoms. The summed E-state index contributed by atoms with van der Waals surface area (Å²) in [5.41, 5.74) is 0. The molecule has 5 nitrogen and oxygen atoms in total. The van der Waals surface area contributed by atoms with E-state index in [9.17, 15) is 13.2 Å². The third kappa shape index (κ3) is 4.55. The van der Waals surface area contributed by atoms with Crippen LogP contribution in [0.3, 0.4) is 0 Å². The highest BCUT2D eigenvalue weighted by molar-refractivity contribution is 9.10. The minimum atomic E-state index is -3.82. The lowest BCUT2D eigenvalue weighted by Crippen LogP contribution is -2.41. The van der Waals surface area contributed by atoms with Crippen LogP contribution in [-0.4, -0.2) is 25.5 Å². The van der Waals surface area contributed by atoms with E-state index in [-0.39, 0.29) is 16.5 Å². The van der Waals surface area contributed by atoms with Gasteiger partial charge in [-0.1, -0.05) is 13.8 Å². The lowest BCUT2D eigenvalue weighted by Gasteiger charge is -2.16. The Morgan fingerprint density at radius 1 is 1.53 bits per heavy atom. The fraction of sp³-hybridized carbons (Fsp3) is 0.545. The molecule has 0 radical (unpaired) electrons. The van der Waals surface area contributed by atoms with Gasteiger partial charge in [-0.3, -0.25) is 4.79 Å². The van der Waals surface area contributed by atoms with E-state index in [0.29, 0.717) is 4.47 Å². The lowest BCUT2D eigenvalue weighted by molar-refractivity contribution is -0.139. The maximum Gasteiger partial charge on any atom is 0.321 e. The molecule has 108 valence electrons. The van der Waals surface area contributed by atoms with Crippen LogP contribution in [0.25, 0.3) is 0 Å². The zero-order valence-electron chi connectivity index (χ0n) is 10.8. The van der Waals surface area contributed by atoms with Gasteiger partial charge in [0.05, 0.1) is 0 Å². The second-order valence-electron chi connectivity index (χ2n) is 4.63. The number of nitrogens with one attached hydrogen (secondary N) is 1. The van der Waals surface area contributed by atoms with Crippen LogP contribution < -0.4 is 4.72 Å². The van der Waals surface area contributed by atoms with Gasteiger partial charge in [0, 0.05) is 9.35 Å². The van der Waals surface area contributed by atoms with Gasteiger partial charge in [0.15, 0.2) is 0 Å². The number of halogens is 1. The summed E-state index contributed by atoms with van der Waals surface area (Å²) >= 11 is 4.28. The van der Waals surface area contributed by atoms with E-state index in [0.717, 1.165) is 16.2 Å². The summed E-state index contributed by atoms with van der Waals surface area (Å²) in [5.74, 6) is -1.08. The molecule has 2 N–H and O–H groups in total. The fourth-order valence-electron chi connectivity index (χ4n) is 1.56. The summed E-state index contributed by atoms with van der Waals surface area (Å²) in [6.45, 7) is 5.47. The van der Waals surface area contributed by atoms with Crippen LogP contribution >= 0.6 is 27.3 Å². The number of thiophene rings is 1. The van der Waals surface area contributed by atoms with Crippen LogP contribution in [0.2, 0.25) is 0 Å². The predicted octanol–water partition coefficient (Wildman–Crippen LogP) is 2.60. The summed E-state index contributed by atoms with van der Waals surface area (Å²) in [6, 6.07) is 0.580. The Kier molecular flexibility index (Phi) is 5.54. The van der Waals surface area contributed by atoms with Crippen LogP contribution in [0.15, 0.2) is 14.7 Å². The zero-order valence-corrected chi connectivity index (χ0v) is 14.0. The molecule has 0 fully saturated rings. The van der Waals surface area contributed by atoms with Gasteiger partial charge in [-0.25, -0.2) is 8.42 Å². The van der Waals surface area contributed by atoms with Gasteiger partial charge in [0.25, 0.3) is 10.0 Å². The van der Waals surface area contributed by atoms with Crippen LogP contribution in [0.5, 0.6) is 0 Å². The maximum absolute atomic E-state index is 12.2. The quantitative estimate of drug-likeness (QED) is 0.806. The Hall–Kier alpha value is -0.440. The van der Waals surface area contributed by atoms with Crippen LogP contribution in [0.4, 0.5) is 0 Å². The first-order valence-corrected chi connectivity index (χ1v) is 8.74. The van der Waals surface area contributed by atoms with Gasteiger partial charge < -0.3 is 5.11 Å². The summed E-state index contributed by atoms with van der Waals surface area (Å²) in [4.78, 5) is 11.9. The van der Waals surface area contributed by atoms with E-state index in [2.05, 4.69) is 20.7 Å². The van der Waals surface area contributed by atoms with E-state index >= 15 is 0 Å². The smallest absolute Gasteiger partial charge is 0.321 e. The third-order valence-corrected chi connectivity index (χ3v) is 6.53. The molecule has 0 amide bonds. The molecule has 1 aromatic rings. The Balaban J connectivity index is 3.01. The summed E-state index contributed by atoms with van der Waals surface area (Å²) < 4.78 is 27.2. The number of hydrogen-bond donors (Lipinski definition) is 2. The Labute approximate surface area is 125 Å². The zero-order chi connectivity index (χ0) is 14.8. The number of rotatable bonds is 6. The van der Waals surface area contributed by atoms with Gasteiger partial charge in [0.2, 0.25) is 0 Å². The molecular formula is C11H16BrNO4S2. The first-order chi connectivity index (χ1) is 8.63. The van der Waals surface area contributed by atoms with Gasteiger partial charge >= 0.3 is 5.97 Å². The average molecular weight is 370 g/mol. The molecule has 1 aromatic heterocycles. The van der Waals surface area contributed by atoms with Crippen LogP contribution in [-0.2, 0) is 14.8 Å². The van der Waals surface area contributed by atoms with Crippen LogP contribution in [0.1, 0.15) is 25.1 Å².